The third-order valence-electron chi connectivity index (χ3n) is 2.95. The van der Waals surface area contributed by atoms with Gasteiger partial charge in [-0.05, 0) is 64.7 Å². The predicted molar refractivity (Wildman–Crippen MR) is 76.0 cm³/mol. The first-order valence-corrected chi connectivity index (χ1v) is 7.16. The van der Waals surface area contributed by atoms with Crippen molar-refractivity contribution < 1.29 is 0 Å². The van der Waals surface area contributed by atoms with Crippen LogP contribution in [0, 0.1) is 11.8 Å². The van der Waals surface area contributed by atoms with Crippen molar-refractivity contribution in [2.24, 2.45) is 11.8 Å². The minimum absolute atomic E-state index is 0.947. The van der Waals surface area contributed by atoms with E-state index in [1.54, 1.807) is 0 Å². The molecule has 2 N–H and O–H groups in total. The number of hydrogen-bond acceptors (Lipinski definition) is 2. The molecule has 0 amide bonds. The summed E-state index contributed by atoms with van der Waals surface area (Å²) in [5.41, 5.74) is 0. The molecule has 0 unspecified atom stereocenters. The number of rotatable bonds is 4. The van der Waals surface area contributed by atoms with Crippen LogP contribution in [-0.2, 0) is 0 Å². The molecule has 1 saturated carbocycles. The molecule has 0 bridgehead atoms. The highest BCUT2D eigenvalue weighted by Crippen LogP contribution is 2.27. The molecule has 0 aromatic carbocycles. The Labute approximate surface area is 104 Å². The van der Waals surface area contributed by atoms with E-state index in [2.05, 4.69) is 24.7 Å². The maximum atomic E-state index is 3.27. The quantitative estimate of drug-likeness (QED) is 0.774. The summed E-state index contributed by atoms with van der Waals surface area (Å²) in [6.45, 7) is 10.4. The minimum atomic E-state index is 0.947. The molecule has 2 heteroatoms. The molecule has 100 valence electrons. The average Bonchev–Trinajstić information content (AvgIpc) is 2.37. The second-order valence-corrected chi connectivity index (χ2v) is 4.00. The maximum absolute atomic E-state index is 3.27. The van der Waals surface area contributed by atoms with E-state index in [-0.39, 0.29) is 0 Å². The molecule has 1 fully saturated rings. The van der Waals surface area contributed by atoms with Gasteiger partial charge in [-0.2, -0.15) is 0 Å². The summed E-state index contributed by atoms with van der Waals surface area (Å²) in [7, 11) is 4.11. The van der Waals surface area contributed by atoms with Gasteiger partial charge in [0, 0.05) is 0 Å². The first kappa shape index (κ1) is 18.3. The first-order valence-electron chi connectivity index (χ1n) is 7.16. The predicted octanol–water partition coefficient (Wildman–Crippen LogP) is 3.28. The van der Waals surface area contributed by atoms with E-state index in [4.69, 9.17) is 0 Å². The van der Waals surface area contributed by atoms with Gasteiger partial charge in [-0.1, -0.05) is 27.7 Å². The van der Waals surface area contributed by atoms with Crippen molar-refractivity contribution >= 4 is 0 Å². The molecule has 16 heavy (non-hydrogen) atoms. The van der Waals surface area contributed by atoms with Crippen LogP contribution in [-0.4, -0.2) is 27.2 Å². The zero-order valence-corrected chi connectivity index (χ0v) is 12.4. The van der Waals surface area contributed by atoms with Crippen LogP contribution in [0.15, 0.2) is 0 Å². The van der Waals surface area contributed by atoms with Crippen molar-refractivity contribution in [1.82, 2.24) is 10.6 Å². The average molecular weight is 230 g/mol. The largest absolute Gasteiger partial charge is 0.319 e. The van der Waals surface area contributed by atoms with Gasteiger partial charge in [0.1, 0.15) is 0 Å². The molecule has 0 atom stereocenters. The van der Waals surface area contributed by atoms with E-state index in [1.807, 2.05) is 27.7 Å². The summed E-state index contributed by atoms with van der Waals surface area (Å²) in [6, 6.07) is 0. The molecule has 1 aliphatic carbocycles. The molecule has 1 aliphatic rings. The Kier molecular flexibility index (Phi) is 17.1. The minimum Gasteiger partial charge on any atom is -0.319 e. The second-order valence-electron chi connectivity index (χ2n) is 4.00. The molecule has 0 spiro atoms. The van der Waals surface area contributed by atoms with Gasteiger partial charge in [-0.3, -0.25) is 0 Å². The zero-order valence-electron chi connectivity index (χ0n) is 12.4. The van der Waals surface area contributed by atoms with Crippen LogP contribution in [0.2, 0.25) is 0 Å². The van der Waals surface area contributed by atoms with Crippen molar-refractivity contribution in [2.75, 3.05) is 27.2 Å². The molecule has 2 nitrogen and oxygen atoms in total. The lowest BCUT2D eigenvalue weighted by Crippen LogP contribution is -2.28. The van der Waals surface area contributed by atoms with Gasteiger partial charge < -0.3 is 10.6 Å². The maximum Gasteiger partial charge on any atom is -0.00235 e. The van der Waals surface area contributed by atoms with Crippen LogP contribution in [0.5, 0.6) is 0 Å². The molecule has 0 radical (unpaired) electrons. The zero-order chi connectivity index (χ0) is 12.8. The van der Waals surface area contributed by atoms with E-state index < -0.39 is 0 Å². The Bertz CT molecular complexity index is 93.3. The van der Waals surface area contributed by atoms with Crippen molar-refractivity contribution in [3.05, 3.63) is 0 Å². The van der Waals surface area contributed by atoms with E-state index >= 15 is 0 Å². The van der Waals surface area contributed by atoms with Gasteiger partial charge in [0.25, 0.3) is 0 Å². The molecule has 0 saturated heterocycles. The molecule has 0 aromatic heterocycles. The SMILES string of the molecule is CC.CC.CNCC1CCC(CNC)CC1. The molecular weight excluding hydrogens is 196 g/mol. The van der Waals surface area contributed by atoms with Gasteiger partial charge in [-0.25, -0.2) is 0 Å². The summed E-state index contributed by atoms with van der Waals surface area (Å²) in [6.07, 6.45) is 5.70. The van der Waals surface area contributed by atoms with Crippen molar-refractivity contribution in [3.63, 3.8) is 0 Å². The van der Waals surface area contributed by atoms with Crippen LogP contribution in [0.4, 0.5) is 0 Å². The monoisotopic (exact) mass is 230 g/mol. The van der Waals surface area contributed by atoms with Gasteiger partial charge in [0.2, 0.25) is 0 Å². The summed E-state index contributed by atoms with van der Waals surface area (Å²) in [4.78, 5) is 0. The normalized spacial score (nSPS) is 23.6. The van der Waals surface area contributed by atoms with E-state index in [9.17, 15) is 0 Å². The summed E-state index contributed by atoms with van der Waals surface area (Å²) in [5, 5.41) is 6.54. The second kappa shape index (κ2) is 14.9. The van der Waals surface area contributed by atoms with Crippen LogP contribution in [0.1, 0.15) is 53.4 Å². The summed E-state index contributed by atoms with van der Waals surface area (Å²) in [5.74, 6) is 1.89. The molecule has 1 rings (SSSR count). The lowest BCUT2D eigenvalue weighted by molar-refractivity contribution is 0.268. The van der Waals surface area contributed by atoms with Gasteiger partial charge in [-0.15, -0.1) is 0 Å². The van der Waals surface area contributed by atoms with Crippen LogP contribution >= 0.6 is 0 Å². The van der Waals surface area contributed by atoms with Gasteiger partial charge in [0.05, 0.1) is 0 Å². The highest BCUT2D eigenvalue weighted by molar-refractivity contribution is 4.74. The lowest BCUT2D eigenvalue weighted by Gasteiger charge is -2.28. The smallest absolute Gasteiger partial charge is 0.00235 e. The van der Waals surface area contributed by atoms with Gasteiger partial charge in [0.15, 0.2) is 0 Å². The first-order chi connectivity index (χ1) is 7.86. The Balaban J connectivity index is 0. The Morgan fingerprint density at radius 2 is 0.938 bits per heavy atom. The summed E-state index contributed by atoms with van der Waals surface area (Å²) < 4.78 is 0. The Hall–Kier alpha value is -0.0800. The van der Waals surface area contributed by atoms with E-state index in [1.165, 1.54) is 38.8 Å². The van der Waals surface area contributed by atoms with E-state index in [0.29, 0.717) is 0 Å². The Morgan fingerprint density at radius 3 is 1.12 bits per heavy atom. The van der Waals surface area contributed by atoms with Crippen molar-refractivity contribution in [3.8, 4) is 0 Å². The summed E-state index contributed by atoms with van der Waals surface area (Å²) >= 11 is 0. The number of hydrogen-bond donors (Lipinski definition) is 2. The third-order valence-corrected chi connectivity index (χ3v) is 2.95. The number of nitrogens with one attached hydrogen (secondary N) is 2. The fraction of sp³-hybridized carbons (Fsp3) is 1.00. The van der Waals surface area contributed by atoms with Crippen molar-refractivity contribution in [2.45, 2.75) is 53.4 Å². The van der Waals surface area contributed by atoms with Crippen LogP contribution < -0.4 is 10.6 Å². The topological polar surface area (TPSA) is 24.1 Å². The fourth-order valence-corrected chi connectivity index (χ4v) is 2.22. The molecular formula is C14H34N2. The van der Waals surface area contributed by atoms with Gasteiger partial charge >= 0.3 is 0 Å². The molecule has 0 heterocycles. The van der Waals surface area contributed by atoms with Crippen molar-refractivity contribution in [1.29, 1.82) is 0 Å². The van der Waals surface area contributed by atoms with Crippen LogP contribution in [0.3, 0.4) is 0 Å². The fourth-order valence-electron chi connectivity index (χ4n) is 2.22. The third kappa shape index (κ3) is 9.17. The lowest BCUT2D eigenvalue weighted by atomic mass is 9.82. The molecule has 0 aliphatic heterocycles. The highest BCUT2D eigenvalue weighted by atomic mass is 14.8. The molecule has 0 aromatic rings. The highest BCUT2D eigenvalue weighted by Gasteiger charge is 2.19. The van der Waals surface area contributed by atoms with E-state index in [0.717, 1.165) is 11.8 Å². The Morgan fingerprint density at radius 1 is 0.688 bits per heavy atom. The standard InChI is InChI=1S/C10H22N2.2C2H6/c1-11-7-9-3-5-10(6-4-9)8-12-2;2*1-2/h9-12H,3-8H2,1-2H3;2*1-2H3. The van der Waals surface area contributed by atoms with Crippen LogP contribution in [0.25, 0.3) is 0 Å².